The lowest BCUT2D eigenvalue weighted by molar-refractivity contribution is 0.687. The standard InChI is InChI=1S/C20H22N6S/c1-4-26-19(15-8-7-9-17(12-15)24(2)3)22-23-20(26)27-14-16-13-25-11-6-5-10-18(25)21-16/h5-13H,4,14H2,1-3H3. The highest BCUT2D eigenvalue weighted by atomic mass is 32.2. The number of anilines is 1. The smallest absolute Gasteiger partial charge is 0.191 e. The number of fused-ring (bicyclic) bond motifs is 1. The van der Waals surface area contributed by atoms with E-state index in [1.807, 2.05) is 42.9 Å². The van der Waals surface area contributed by atoms with Crippen LogP contribution in [0.15, 0.2) is 60.0 Å². The summed E-state index contributed by atoms with van der Waals surface area (Å²) in [7, 11) is 4.08. The van der Waals surface area contributed by atoms with Crippen LogP contribution in [0.25, 0.3) is 17.0 Å². The third kappa shape index (κ3) is 3.55. The second kappa shape index (κ2) is 7.44. The Morgan fingerprint density at radius 3 is 2.74 bits per heavy atom. The van der Waals surface area contributed by atoms with Gasteiger partial charge in [-0.2, -0.15) is 0 Å². The SMILES string of the molecule is CCn1c(SCc2cn3ccccc3n2)nnc1-c1cccc(N(C)C)c1. The number of hydrogen-bond donors (Lipinski definition) is 0. The lowest BCUT2D eigenvalue weighted by Gasteiger charge is -2.13. The third-order valence-electron chi connectivity index (χ3n) is 4.42. The van der Waals surface area contributed by atoms with Gasteiger partial charge < -0.3 is 13.9 Å². The summed E-state index contributed by atoms with van der Waals surface area (Å²) < 4.78 is 4.20. The van der Waals surface area contributed by atoms with Gasteiger partial charge in [0.25, 0.3) is 0 Å². The maximum Gasteiger partial charge on any atom is 0.191 e. The monoisotopic (exact) mass is 378 g/mol. The fraction of sp³-hybridized carbons (Fsp3) is 0.250. The molecule has 0 saturated heterocycles. The zero-order chi connectivity index (χ0) is 18.8. The number of thioether (sulfide) groups is 1. The molecule has 6 nitrogen and oxygen atoms in total. The Labute approximate surface area is 162 Å². The van der Waals surface area contributed by atoms with E-state index in [-0.39, 0.29) is 0 Å². The quantitative estimate of drug-likeness (QED) is 0.475. The van der Waals surface area contributed by atoms with Crippen molar-refractivity contribution < 1.29 is 0 Å². The highest BCUT2D eigenvalue weighted by molar-refractivity contribution is 7.98. The normalized spacial score (nSPS) is 11.2. The molecule has 138 valence electrons. The Hall–Kier alpha value is -2.80. The van der Waals surface area contributed by atoms with E-state index < -0.39 is 0 Å². The van der Waals surface area contributed by atoms with E-state index in [2.05, 4.69) is 62.0 Å². The molecule has 7 heteroatoms. The van der Waals surface area contributed by atoms with Gasteiger partial charge in [0.2, 0.25) is 0 Å². The summed E-state index contributed by atoms with van der Waals surface area (Å²) in [5, 5.41) is 9.81. The van der Waals surface area contributed by atoms with E-state index in [0.29, 0.717) is 0 Å². The van der Waals surface area contributed by atoms with Crippen molar-refractivity contribution in [2.45, 2.75) is 24.4 Å². The van der Waals surface area contributed by atoms with E-state index in [0.717, 1.165) is 45.9 Å². The fourth-order valence-corrected chi connectivity index (χ4v) is 3.90. The topological polar surface area (TPSA) is 51.3 Å². The summed E-state index contributed by atoms with van der Waals surface area (Å²) in [4.78, 5) is 6.75. The Bertz CT molecular complexity index is 1030. The number of imidazole rings is 1. The van der Waals surface area contributed by atoms with Crippen molar-refractivity contribution in [1.29, 1.82) is 0 Å². The van der Waals surface area contributed by atoms with E-state index in [1.165, 1.54) is 0 Å². The molecular formula is C20H22N6S. The Balaban J connectivity index is 1.58. The second-order valence-electron chi connectivity index (χ2n) is 6.48. The number of nitrogens with zero attached hydrogens (tertiary/aromatic N) is 6. The van der Waals surface area contributed by atoms with Crippen LogP contribution in [0.1, 0.15) is 12.6 Å². The van der Waals surface area contributed by atoms with Crippen molar-refractivity contribution >= 4 is 23.1 Å². The molecule has 4 aromatic rings. The zero-order valence-electron chi connectivity index (χ0n) is 15.7. The first-order valence-electron chi connectivity index (χ1n) is 8.92. The van der Waals surface area contributed by atoms with Crippen LogP contribution < -0.4 is 4.90 Å². The molecule has 0 fully saturated rings. The van der Waals surface area contributed by atoms with Crippen molar-refractivity contribution in [1.82, 2.24) is 24.1 Å². The molecule has 27 heavy (non-hydrogen) atoms. The zero-order valence-corrected chi connectivity index (χ0v) is 16.5. The highest BCUT2D eigenvalue weighted by Crippen LogP contribution is 2.28. The van der Waals surface area contributed by atoms with Crippen molar-refractivity contribution in [3.63, 3.8) is 0 Å². The van der Waals surface area contributed by atoms with E-state index >= 15 is 0 Å². The summed E-state index contributed by atoms with van der Waals surface area (Å²) in [5.41, 5.74) is 4.23. The number of rotatable bonds is 6. The molecule has 0 bridgehead atoms. The molecule has 0 spiro atoms. The van der Waals surface area contributed by atoms with Gasteiger partial charge in [-0.1, -0.05) is 30.0 Å². The van der Waals surface area contributed by atoms with Crippen LogP contribution in [-0.2, 0) is 12.3 Å². The number of hydrogen-bond acceptors (Lipinski definition) is 5. The van der Waals surface area contributed by atoms with Gasteiger partial charge in [0.15, 0.2) is 11.0 Å². The Morgan fingerprint density at radius 2 is 1.96 bits per heavy atom. The predicted octanol–water partition coefficient (Wildman–Crippen LogP) is 3.97. The number of benzene rings is 1. The van der Waals surface area contributed by atoms with Gasteiger partial charge >= 0.3 is 0 Å². The molecule has 0 saturated carbocycles. The molecule has 0 aliphatic carbocycles. The second-order valence-corrected chi connectivity index (χ2v) is 7.42. The summed E-state index contributed by atoms with van der Waals surface area (Å²) in [6.07, 6.45) is 4.08. The first-order valence-corrected chi connectivity index (χ1v) is 9.90. The lowest BCUT2D eigenvalue weighted by atomic mass is 10.2. The van der Waals surface area contributed by atoms with E-state index in [9.17, 15) is 0 Å². The predicted molar refractivity (Wildman–Crippen MR) is 110 cm³/mol. The molecule has 3 aromatic heterocycles. The average molecular weight is 379 g/mol. The van der Waals surface area contributed by atoms with Gasteiger partial charge in [0.05, 0.1) is 5.69 Å². The van der Waals surface area contributed by atoms with E-state index in [4.69, 9.17) is 0 Å². The van der Waals surface area contributed by atoms with Crippen LogP contribution in [0.5, 0.6) is 0 Å². The van der Waals surface area contributed by atoms with Crippen LogP contribution in [0.4, 0.5) is 5.69 Å². The highest BCUT2D eigenvalue weighted by Gasteiger charge is 2.14. The minimum Gasteiger partial charge on any atom is -0.378 e. The molecule has 3 heterocycles. The molecule has 4 rings (SSSR count). The molecule has 0 amide bonds. The van der Waals surface area contributed by atoms with Gasteiger partial charge in [-0.05, 0) is 31.2 Å². The summed E-state index contributed by atoms with van der Waals surface area (Å²) >= 11 is 1.67. The molecule has 0 aliphatic heterocycles. The van der Waals surface area contributed by atoms with Crippen LogP contribution in [0.2, 0.25) is 0 Å². The lowest BCUT2D eigenvalue weighted by Crippen LogP contribution is -2.08. The van der Waals surface area contributed by atoms with Crippen LogP contribution in [0, 0.1) is 0 Å². The molecule has 0 radical (unpaired) electrons. The summed E-state index contributed by atoms with van der Waals surface area (Å²) in [6.45, 7) is 2.94. The summed E-state index contributed by atoms with van der Waals surface area (Å²) in [5.74, 6) is 1.66. The fourth-order valence-electron chi connectivity index (χ4n) is 3.01. The summed E-state index contributed by atoms with van der Waals surface area (Å²) in [6, 6.07) is 14.4. The Kier molecular flexibility index (Phi) is 4.85. The molecule has 1 aromatic carbocycles. The maximum absolute atomic E-state index is 4.66. The molecular weight excluding hydrogens is 356 g/mol. The number of aromatic nitrogens is 5. The maximum atomic E-state index is 4.66. The van der Waals surface area contributed by atoms with Crippen molar-refractivity contribution in [2.75, 3.05) is 19.0 Å². The van der Waals surface area contributed by atoms with Gasteiger partial charge in [-0.3, -0.25) is 0 Å². The molecule has 0 atom stereocenters. The largest absolute Gasteiger partial charge is 0.378 e. The average Bonchev–Trinajstić information content (AvgIpc) is 3.29. The first kappa shape index (κ1) is 17.6. The molecule has 0 N–H and O–H groups in total. The van der Waals surface area contributed by atoms with Gasteiger partial charge in [-0.15, -0.1) is 10.2 Å². The van der Waals surface area contributed by atoms with Crippen molar-refractivity contribution in [2.24, 2.45) is 0 Å². The van der Waals surface area contributed by atoms with Crippen LogP contribution >= 0.6 is 11.8 Å². The molecule has 0 aliphatic rings. The Morgan fingerprint density at radius 1 is 1.07 bits per heavy atom. The minimum absolute atomic E-state index is 0.761. The van der Waals surface area contributed by atoms with Gasteiger partial charge in [0, 0.05) is 50.0 Å². The van der Waals surface area contributed by atoms with Crippen LogP contribution in [0.3, 0.4) is 0 Å². The van der Waals surface area contributed by atoms with E-state index in [1.54, 1.807) is 11.8 Å². The number of pyridine rings is 1. The minimum atomic E-state index is 0.761. The van der Waals surface area contributed by atoms with Gasteiger partial charge in [-0.25, -0.2) is 4.98 Å². The van der Waals surface area contributed by atoms with Crippen molar-refractivity contribution in [3.8, 4) is 11.4 Å². The molecule has 0 unspecified atom stereocenters. The van der Waals surface area contributed by atoms with Crippen molar-refractivity contribution in [3.05, 3.63) is 60.6 Å². The van der Waals surface area contributed by atoms with Gasteiger partial charge in [0.1, 0.15) is 5.65 Å². The third-order valence-corrected chi connectivity index (χ3v) is 5.42. The first-order chi connectivity index (χ1) is 13.2. The van der Waals surface area contributed by atoms with Crippen LogP contribution in [-0.4, -0.2) is 38.2 Å².